The van der Waals surface area contributed by atoms with Crippen LogP contribution in [0.4, 0.5) is 0 Å². The molecule has 1 rings (SSSR count). The zero-order valence-electron chi connectivity index (χ0n) is 9.73. The van der Waals surface area contributed by atoms with Gasteiger partial charge >= 0.3 is 0 Å². The summed E-state index contributed by atoms with van der Waals surface area (Å²) in [5.74, 6) is -0.611. The second-order valence-electron chi connectivity index (χ2n) is 3.60. The topological polar surface area (TPSA) is 86.2 Å². The molecule has 0 saturated carbocycles. The van der Waals surface area contributed by atoms with Crippen LogP contribution in [-0.2, 0) is 4.79 Å². The van der Waals surface area contributed by atoms with Gasteiger partial charge in [-0.25, -0.2) is 0 Å². The van der Waals surface area contributed by atoms with E-state index in [0.717, 1.165) is 0 Å². The first kappa shape index (κ1) is 12.8. The second kappa shape index (κ2) is 5.74. The number of guanidine groups is 1. The van der Waals surface area contributed by atoms with E-state index in [1.165, 1.54) is 18.0 Å². The molecule has 0 aliphatic carbocycles. The van der Waals surface area contributed by atoms with Crippen LogP contribution in [0.5, 0.6) is 0 Å². The van der Waals surface area contributed by atoms with Crippen LogP contribution in [0.2, 0.25) is 0 Å². The Morgan fingerprint density at radius 3 is 2.76 bits per heavy atom. The molecule has 17 heavy (non-hydrogen) atoms. The first-order valence-corrected chi connectivity index (χ1v) is 5.01. The van der Waals surface area contributed by atoms with Crippen LogP contribution < -0.4 is 5.32 Å². The van der Waals surface area contributed by atoms with E-state index in [1.807, 2.05) is 0 Å². The van der Waals surface area contributed by atoms with Crippen molar-refractivity contribution in [3.8, 4) is 0 Å². The maximum Gasteiger partial charge on any atom is 0.259 e. The van der Waals surface area contributed by atoms with E-state index in [9.17, 15) is 9.59 Å². The van der Waals surface area contributed by atoms with Crippen molar-refractivity contribution in [2.45, 2.75) is 6.92 Å². The molecule has 0 aliphatic rings. The first-order valence-electron chi connectivity index (χ1n) is 5.01. The number of pyridine rings is 1. The van der Waals surface area contributed by atoms with Crippen LogP contribution in [0, 0.1) is 5.41 Å². The fourth-order valence-electron chi connectivity index (χ4n) is 1.19. The van der Waals surface area contributed by atoms with Crippen molar-refractivity contribution in [3.05, 3.63) is 30.1 Å². The standard InChI is InChI=1S/C11H14N4O2/c1-8(16)7-15(2)11(12)14-10(17)9-4-3-5-13-6-9/h3-6H,7H2,1-2H3,(H2,12,14,17). The largest absolute Gasteiger partial charge is 0.339 e. The molecule has 90 valence electrons. The van der Waals surface area contributed by atoms with Crippen molar-refractivity contribution in [1.82, 2.24) is 15.2 Å². The Balaban J connectivity index is 2.58. The lowest BCUT2D eigenvalue weighted by Crippen LogP contribution is -2.43. The Morgan fingerprint density at radius 1 is 1.53 bits per heavy atom. The van der Waals surface area contributed by atoms with Crippen LogP contribution >= 0.6 is 0 Å². The number of aromatic nitrogens is 1. The molecule has 1 heterocycles. The first-order chi connectivity index (χ1) is 8.00. The van der Waals surface area contributed by atoms with Crippen LogP contribution in [0.3, 0.4) is 0 Å². The maximum absolute atomic E-state index is 11.6. The molecule has 0 unspecified atom stereocenters. The van der Waals surface area contributed by atoms with Crippen molar-refractivity contribution in [3.63, 3.8) is 0 Å². The number of Topliss-reactive ketones (excluding diaryl/α,β-unsaturated/α-hetero) is 1. The molecule has 0 saturated heterocycles. The van der Waals surface area contributed by atoms with Crippen LogP contribution in [0.25, 0.3) is 0 Å². The van der Waals surface area contributed by atoms with Gasteiger partial charge in [0.1, 0.15) is 5.78 Å². The SMILES string of the molecule is CC(=O)CN(C)C(=N)NC(=O)c1cccnc1. The molecular weight excluding hydrogens is 220 g/mol. The highest BCUT2D eigenvalue weighted by Gasteiger charge is 2.11. The number of hydrogen-bond donors (Lipinski definition) is 2. The fraction of sp³-hybridized carbons (Fsp3) is 0.273. The van der Waals surface area contributed by atoms with Gasteiger partial charge in [-0.15, -0.1) is 0 Å². The predicted molar refractivity (Wildman–Crippen MR) is 62.7 cm³/mol. The van der Waals surface area contributed by atoms with E-state index in [0.29, 0.717) is 5.56 Å². The van der Waals surface area contributed by atoms with E-state index in [1.54, 1.807) is 25.4 Å². The van der Waals surface area contributed by atoms with Crippen LogP contribution in [-0.4, -0.2) is 41.1 Å². The summed E-state index contributed by atoms with van der Waals surface area (Å²) in [5.41, 5.74) is 0.369. The predicted octanol–water partition coefficient (Wildman–Crippen LogP) is 0.267. The van der Waals surface area contributed by atoms with Crippen LogP contribution in [0.1, 0.15) is 17.3 Å². The molecular formula is C11H14N4O2. The summed E-state index contributed by atoms with van der Waals surface area (Å²) in [6, 6.07) is 3.23. The Kier molecular flexibility index (Phi) is 4.33. The second-order valence-corrected chi connectivity index (χ2v) is 3.60. The molecule has 0 aliphatic heterocycles. The zero-order chi connectivity index (χ0) is 12.8. The van der Waals surface area contributed by atoms with Gasteiger partial charge in [0, 0.05) is 19.4 Å². The van der Waals surface area contributed by atoms with Gasteiger partial charge < -0.3 is 4.90 Å². The molecule has 0 bridgehead atoms. The average molecular weight is 234 g/mol. The van der Waals surface area contributed by atoms with E-state index in [4.69, 9.17) is 5.41 Å². The van der Waals surface area contributed by atoms with Crippen molar-refractivity contribution >= 4 is 17.6 Å². The number of nitrogens with zero attached hydrogens (tertiary/aromatic N) is 2. The molecule has 1 aromatic rings. The Hall–Kier alpha value is -2.24. The summed E-state index contributed by atoms with van der Waals surface area (Å²) < 4.78 is 0. The average Bonchev–Trinajstić information content (AvgIpc) is 2.29. The minimum absolute atomic E-state index is 0.0760. The highest BCUT2D eigenvalue weighted by molar-refractivity contribution is 6.05. The summed E-state index contributed by atoms with van der Waals surface area (Å²) in [6.07, 6.45) is 2.97. The van der Waals surface area contributed by atoms with Gasteiger partial charge in [0.2, 0.25) is 0 Å². The minimum Gasteiger partial charge on any atom is -0.339 e. The number of hydrogen-bond acceptors (Lipinski definition) is 4. The lowest BCUT2D eigenvalue weighted by Gasteiger charge is -2.18. The Bertz CT molecular complexity index is 430. The highest BCUT2D eigenvalue weighted by Crippen LogP contribution is 1.95. The lowest BCUT2D eigenvalue weighted by atomic mass is 10.3. The lowest BCUT2D eigenvalue weighted by molar-refractivity contribution is -0.117. The number of carbonyl (C=O) groups excluding carboxylic acids is 2. The number of nitrogens with one attached hydrogen (secondary N) is 2. The van der Waals surface area contributed by atoms with E-state index in [2.05, 4.69) is 10.3 Å². The molecule has 0 aromatic carbocycles. The van der Waals surface area contributed by atoms with Crippen molar-refractivity contribution in [2.24, 2.45) is 0 Å². The summed E-state index contributed by atoms with van der Waals surface area (Å²) >= 11 is 0. The van der Waals surface area contributed by atoms with Gasteiger partial charge in [-0.3, -0.25) is 25.3 Å². The normalized spacial score (nSPS) is 9.53. The number of carbonyl (C=O) groups is 2. The number of ketones is 1. The molecule has 6 heteroatoms. The van der Waals surface area contributed by atoms with Crippen molar-refractivity contribution in [1.29, 1.82) is 5.41 Å². The maximum atomic E-state index is 11.6. The zero-order valence-corrected chi connectivity index (χ0v) is 9.73. The van der Waals surface area contributed by atoms with Gasteiger partial charge in [0.15, 0.2) is 5.96 Å². The minimum atomic E-state index is -0.418. The smallest absolute Gasteiger partial charge is 0.259 e. The van der Waals surface area contributed by atoms with E-state index < -0.39 is 5.91 Å². The number of likely N-dealkylation sites (N-methyl/N-ethyl adjacent to an activating group) is 1. The monoisotopic (exact) mass is 234 g/mol. The third-order valence-corrected chi connectivity index (χ3v) is 2.00. The van der Waals surface area contributed by atoms with Crippen LogP contribution in [0.15, 0.2) is 24.5 Å². The Labute approximate surface area is 99.2 Å². The summed E-state index contributed by atoms with van der Waals surface area (Å²) in [6.45, 7) is 1.51. The molecule has 0 radical (unpaired) electrons. The molecule has 2 N–H and O–H groups in total. The summed E-state index contributed by atoms with van der Waals surface area (Å²) in [7, 11) is 1.56. The molecule has 0 spiro atoms. The number of rotatable bonds is 3. The van der Waals surface area contributed by atoms with Gasteiger partial charge in [0.05, 0.1) is 12.1 Å². The third kappa shape index (κ3) is 4.02. The molecule has 1 aromatic heterocycles. The third-order valence-electron chi connectivity index (χ3n) is 2.00. The van der Waals surface area contributed by atoms with Gasteiger partial charge in [-0.1, -0.05) is 0 Å². The summed E-state index contributed by atoms with van der Waals surface area (Å²) in [4.78, 5) is 27.7. The Morgan fingerprint density at radius 2 is 2.24 bits per heavy atom. The van der Waals surface area contributed by atoms with Crippen molar-refractivity contribution in [2.75, 3.05) is 13.6 Å². The van der Waals surface area contributed by atoms with Gasteiger partial charge in [0.25, 0.3) is 5.91 Å². The van der Waals surface area contributed by atoms with Crippen molar-refractivity contribution < 1.29 is 9.59 Å². The molecule has 6 nitrogen and oxygen atoms in total. The van der Waals surface area contributed by atoms with E-state index >= 15 is 0 Å². The van der Waals surface area contributed by atoms with Gasteiger partial charge in [-0.05, 0) is 19.1 Å². The van der Waals surface area contributed by atoms with E-state index in [-0.39, 0.29) is 18.3 Å². The number of amides is 1. The molecule has 1 amide bonds. The fourth-order valence-corrected chi connectivity index (χ4v) is 1.19. The highest BCUT2D eigenvalue weighted by atomic mass is 16.2. The quantitative estimate of drug-likeness (QED) is 0.580. The summed E-state index contributed by atoms with van der Waals surface area (Å²) in [5, 5.41) is 9.97. The van der Waals surface area contributed by atoms with Gasteiger partial charge in [-0.2, -0.15) is 0 Å². The molecule has 0 fully saturated rings. The molecule has 0 atom stereocenters.